The van der Waals surface area contributed by atoms with Gasteiger partial charge in [0.2, 0.25) is 0 Å². The second-order valence-corrected chi connectivity index (χ2v) is 30.7. The average molecular weight is 978 g/mol. The number of fused-ring (bicyclic) bond motifs is 4. The first-order valence-corrected chi connectivity index (χ1v) is 31.5. The Bertz CT molecular complexity index is 3910. The van der Waals surface area contributed by atoms with E-state index >= 15 is 0 Å². The van der Waals surface area contributed by atoms with Crippen molar-refractivity contribution in [1.29, 1.82) is 5.26 Å². The van der Waals surface area contributed by atoms with Crippen molar-refractivity contribution in [3.8, 4) is 28.3 Å². The Morgan fingerprint density at radius 2 is 0.863 bits per heavy atom. The molecule has 0 saturated heterocycles. The van der Waals surface area contributed by atoms with Gasteiger partial charge in [0.05, 0.1) is 19.7 Å². The fraction of sp³-hybridized carbons (Fsp3) is 0.103. The molecule has 0 saturated carbocycles. The largest absolute Gasteiger partial charge is 0.310 e. The quantitative estimate of drug-likeness (QED) is 0.0903. The smallest absolute Gasteiger partial charge is 0.0991 e. The van der Waals surface area contributed by atoms with Crippen LogP contribution in [0.1, 0.15) is 16.7 Å². The van der Waals surface area contributed by atoms with Gasteiger partial charge in [-0.2, -0.15) is 5.26 Å². The van der Waals surface area contributed by atoms with Crippen LogP contribution in [0.2, 0.25) is 19.6 Å². The van der Waals surface area contributed by atoms with Crippen molar-refractivity contribution in [3.63, 3.8) is 0 Å². The minimum absolute atomic E-state index is 0.631. The Morgan fingerprint density at radius 1 is 0.452 bits per heavy atom. The summed E-state index contributed by atoms with van der Waals surface area (Å²) in [4.78, 5) is 4.74. The van der Waals surface area contributed by atoms with Crippen molar-refractivity contribution in [2.75, 3.05) is 28.6 Å². The zero-order valence-corrected chi connectivity index (χ0v) is 44.3. The highest BCUT2D eigenvalue weighted by molar-refractivity contribution is 8.31. The van der Waals surface area contributed by atoms with Gasteiger partial charge in [-0.1, -0.05) is 159 Å². The molecule has 0 aliphatic heterocycles. The van der Waals surface area contributed by atoms with E-state index in [1.807, 2.05) is 18.2 Å². The highest BCUT2D eigenvalue weighted by Crippen LogP contribution is 2.49. The molecule has 0 unspecified atom stereocenters. The van der Waals surface area contributed by atoms with E-state index in [4.69, 9.17) is 0 Å². The molecule has 0 bridgehead atoms. The summed E-state index contributed by atoms with van der Waals surface area (Å²) in [5.74, 6) is 1.06. The molecule has 5 heteroatoms. The molecule has 0 radical (unpaired) electrons. The molecule has 0 aliphatic carbocycles. The molecule has 0 amide bonds. The predicted octanol–water partition coefficient (Wildman–Crippen LogP) is 18.8. The van der Waals surface area contributed by atoms with Crippen LogP contribution in [0.25, 0.3) is 71.4 Å². The number of benzene rings is 11. The molecular formula is C68H59N3SSi. The fourth-order valence-electron chi connectivity index (χ4n) is 10.5. The average Bonchev–Trinajstić information content (AvgIpc) is 3.40. The molecular weight excluding hydrogens is 919 g/mol. The highest BCUT2D eigenvalue weighted by Gasteiger charge is 2.24. The van der Waals surface area contributed by atoms with Gasteiger partial charge in [0.25, 0.3) is 0 Å². The number of hydrogen-bond acceptors (Lipinski definition) is 3. The Kier molecular flexibility index (Phi) is 12.4. The van der Waals surface area contributed by atoms with Crippen LogP contribution in [0.4, 0.5) is 34.1 Å². The van der Waals surface area contributed by atoms with Crippen LogP contribution in [0.15, 0.2) is 225 Å². The van der Waals surface area contributed by atoms with Crippen molar-refractivity contribution in [1.82, 2.24) is 0 Å². The number of nitrogens with zero attached hydrogens (tertiary/aromatic N) is 3. The standard InChI is InChI=1S/C68H59N3SSi/c1-8-47-17-27-56(28-18-47)71(59-33-37-62(38-34-59)73(5,6)7)61-36-40-64-66(44-61)68(55-26-24-51-14-10-12-16-53(51)42-55)63-39-35-60(43-65(63)67(64)54-25-23-50-13-9-11-15-52(50)41-54)70(57-29-19-48(45-69)20-30-57)58-31-21-49(22-32-58)46-72(2,3)4/h8-44H,1,46H2,2-7H3. The lowest BCUT2D eigenvalue weighted by Crippen LogP contribution is -2.37. The second-order valence-electron chi connectivity index (χ2n) is 21.2. The molecule has 73 heavy (non-hydrogen) atoms. The first-order valence-electron chi connectivity index (χ1n) is 25.0. The van der Waals surface area contributed by atoms with Crippen LogP contribution >= 0.6 is 10.0 Å². The van der Waals surface area contributed by atoms with Gasteiger partial charge in [-0.15, -0.1) is 0 Å². The third kappa shape index (κ3) is 9.44. The summed E-state index contributed by atoms with van der Waals surface area (Å²) in [6.07, 6.45) is 9.01. The van der Waals surface area contributed by atoms with Gasteiger partial charge in [-0.05, 0) is 192 Å². The van der Waals surface area contributed by atoms with Crippen LogP contribution in [0.3, 0.4) is 0 Å². The maximum atomic E-state index is 9.87. The predicted molar refractivity (Wildman–Crippen MR) is 324 cm³/mol. The maximum Gasteiger partial charge on any atom is 0.0991 e. The van der Waals surface area contributed by atoms with Gasteiger partial charge in [0.1, 0.15) is 0 Å². The molecule has 0 atom stereocenters. The normalized spacial score (nSPS) is 12.0. The van der Waals surface area contributed by atoms with Gasteiger partial charge in [0.15, 0.2) is 0 Å². The van der Waals surface area contributed by atoms with Gasteiger partial charge >= 0.3 is 0 Å². The summed E-state index contributed by atoms with van der Waals surface area (Å²) in [6.45, 7) is 11.3. The SMILES string of the molecule is C=Cc1ccc(N(c2ccc([Si](C)(C)C)cc2)c2ccc3c(-c4ccc5ccccc5c4)c4cc(N(c5ccc(C#N)cc5)c5ccc(CS(C)(C)C)cc5)ccc4c(-c4ccc5ccccc5c4)c3c2)cc1. The zero-order valence-electron chi connectivity index (χ0n) is 42.5. The Labute approximate surface area is 433 Å². The first kappa shape index (κ1) is 47.2. The monoisotopic (exact) mass is 977 g/mol. The van der Waals surface area contributed by atoms with Crippen LogP contribution in [-0.2, 0) is 5.75 Å². The third-order valence-corrected chi connectivity index (χ3v) is 17.4. The van der Waals surface area contributed by atoms with E-state index in [0.29, 0.717) is 5.56 Å². The second kappa shape index (κ2) is 19.1. The van der Waals surface area contributed by atoms with Crippen LogP contribution in [-0.4, -0.2) is 26.8 Å². The van der Waals surface area contributed by atoms with E-state index in [-0.39, 0.29) is 0 Å². The third-order valence-electron chi connectivity index (χ3n) is 14.1. The fourth-order valence-corrected chi connectivity index (χ4v) is 12.8. The van der Waals surface area contributed by atoms with Gasteiger partial charge in [-0.25, -0.2) is 10.0 Å². The summed E-state index contributed by atoms with van der Waals surface area (Å²) in [5.41, 5.74) is 14.1. The van der Waals surface area contributed by atoms with Crippen LogP contribution < -0.4 is 15.0 Å². The van der Waals surface area contributed by atoms with E-state index in [0.717, 1.165) is 67.3 Å². The van der Waals surface area contributed by atoms with E-state index in [9.17, 15) is 5.26 Å². The van der Waals surface area contributed by atoms with Crippen LogP contribution in [0.5, 0.6) is 0 Å². The Balaban J connectivity index is 1.22. The van der Waals surface area contributed by atoms with Crippen molar-refractivity contribution < 1.29 is 0 Å². The summed E-state index contributed by atoms with van der Waals surface area (Å²) in [7, 11) is -2.30. The van der Waals surface area contributed by atoms with E-state index in [2.05, 4.69) is 267 Å². The van der Waals surface area contributed by atoms with Crippen molar-refractivity contribution in [3.05, 3.63) is 242 Å². The summed E-state index contributed by atoms with van der Waals surface area (Å²) < 4.78 is 0. The minimum atomic E-state index is -1.55. The number of hydrogen-bond donors (Lipinski definition) is 0. The summed E-state index contributed by atoms with van der Waals surface area (Å²) in [6, 6.07) is 82.7. The van der Waals surface area contributed by atoms with Gasteiger partial charge in [-0.3, -0.25) is 0 Å². The lowest BCUT2D eigenvalue weighted by Gasteiger charge is -2.29. The van der Waals surface area contributed by atoms with Gasteiger partial charge < -0.3 is 9.80 Å². The first-order chi connectivity index (χ1) is 35.3. The highest BCUT2D eigenvalue weighted by atomic mass is 32.3. The molecule has 0 spiro atoms. The molecule has 3 nitrogen and oxygen atoms in total. The summed E-state index contributed by atoms with van der Waals surface area (Å²) in [5, 5.41) is 20.8. The molecule has 11 aromatic rings. The number of anilines is 6. The van der Waals surface area contributed by atoms with E-state index in [1.165, 1.54) is 54.2 Å². The molecule has 11 rings (SSSR count). The van der Waals surface area contributed by atoms with E-state index < -0.39 is 18.1 Å². The van der Waals surface area contributed by atoms with Gasteiger partial charge in [0, 0.05) is 39.9 Å². The molecule has 11 aromatic carbocycles. The topological polar surface area (TPSA) is 30.3 Å². The van der Waals surface area contributed by atoms with Crippen molar-refractivity contribution in [2.24, 2.45) is 0 Å². The molecule has 356 valence electrons. The number of nitriles is 1. The minimum Gasteiger partial charge on any atom is -0.310 e. The van der Waals surface area contributed by atoms with Crippen molar-refractivity contribution in [2.45, 2.75) is 25.4 Å². The zero-order chi connectivity index (χ0) is 50.4. The molecule has 0 aliphatic rings. The van der Waals surface area contributed by atoms with Crippen LogP contribution in [0, 0.1) is 11.3 Å². The summed E-state index contributed by atoms with van der Waals surface area (Å²) >= 11 is 0. The van der Waals surface area contributed by atoms with Crippen molar-refractivity contribution >= 4 is 107 Å². The molecule has 0 heterocycles. The lowest BCUT2D eigenvalue weighted by atomic mass is 9.84. The Hall–Kier alpha value is -8.14. The molecule has 0 N–H and O–H groups in total. The molecule has 0 aromatic heterocycles. The Morgan fingerprint density at radius 3 is 1.29 bits per heavy atom. The van der Waals surface area contributed by atoms with E-state index in [1.54, 1.807) is 0 Å². The lowest BCUT2D eigenvalue weighted by molar-refractivity contribution is 1.27. The number of rotatable bonds is 12. The molecule has 0 fully saturated rings. The maximum absolute atomic E-state index is 9.87.